The maximum atomic E-state index is 13.0. The van der Waals surface area contributed by atoms with Crippen LogP contribution in [0, 0.1) is 0 Å². The average molecular weight is 378 g/mol. The minimum Gasteiger partial charge on any atom is -0.493 e. The fraction of sp³-hybridized carbons (Fsp3) is 0.143. The average Bonchev–Trinajstić information content (AvgIpc) is 3.39. The predicted molar refractivity (Wildman–Crippen MR) is 105 cm³/mol. The van der Waals surface area contributed by atoms with Crippen molar-refractivity contribution in [1.82, 2.24) is 15.0 Å². The summed E-state index contributed by atoms with van der Waals surface area (Å²) in [5.41, 5.74) is 2.21. The molecule has 0 radical (unpaired) electrons. The van der Waals surface area contributed by atoms with Crippen molar-refractivity contribution in [2.24, 2.45) is 0 Å². The van der Waals surface area contributed by atoms with Crippen LogP contribution in [0.1, 0.15) is 17.4 Å². The van der Waals surface area contributed by atoms with Crippen molar-refractivity contribution >= 4 is 16.7 Å². The monoisotopic (exact) mass is 378 g/mol. The van der Waals surface area contributed by atoms with Gasteiger partial charge >= 0.3 is 0 Å². The first-order valence-electron chi connectivity index (χ1n) is 9.04. The fourth-order valence-electron chi connectivity index (χ4n) is 3.14. The van der Waals surface area contributed by atoms with Crippen LogP contribution in [0.25, 0.3) is 22.3 Å². The Morgan fingerprint density at radius 3 is 2.54 bits per heavy atom. The van der Waals surface area contributed by atoms with Gasteiger partial charge in [0.2, 0.25) is 11.5 Å². The number of aromatic nitrogens is 3. The summed E-state index contributed by atoms with van der Waals surface area (Å²) in [5.74, 6) is 1.49. The smallest absolute Gasteiger partial charge is 0.211 e. The third-order valence-corrected chi connectivity index (χ3v) is 4.51. The minimum atomic E-state index is -0.260. The van der Waals surface area contributed by atoms with E-state index in [2.05, 4.69) is 15.0 Å². The number of benzene rings is 2. The summed E-state index contributed by atoms with van der Waals surface area (Å²) < 4.78 is 23.9. The zero-order valence-corrected chi connectivity index (χ0v) is 15.6. The number of fused-ring (bicyclic) bond motifs is 1. The molecule has 0 aliphatic heterocycles. The number of aromatic amines is 2. The molecule has 0 saturated carbocycles. The molecule has 0 saturated heterocycles. The first-order valence-corrected chi connectivity index (χ1v) is 8.54. The van der Waals surface area contributed by atoms with Gasteiger partial charge in [-0.3, -0.25) is 4.79 Å². The Balaban J connectivity index is 1.73. The Morgan fingerprint density at radius 1 is 1.11 bits per heavy atom. The molecular formula is C21H19N3O4. The topological polar surface area (TPSA) is 89.2 Å². The number of nitrogens with zero attached hydrogens (tertiary/aromatic N) is 1. The molecule has 0 spiro atoms. The predicted octanol–water partition coefficient (Wildman–Crippen LogP) is 3.81. The highest BCUT2D eigenvalue weighted by Crippen LogP contribution is 2.38. The van der Waals surface area contributed by atoms with E-state index in [1.165, 1.54) is 27.5 Å². The van der Waals surface area contributed by atoms with E-state index in [1.54, 1.807) is 24.4 Å². The largest absolute Gasteiger partial charge is 0.493 e. The van der Waals surface area contributed by atoms with Crippen LogP contribution in [0.5, 0.6) is 17.2 Å². The van der Waals surface area contributed by atoms with Gasteiger partial charge in [0.15, 0.2) is 11.5 Å². The Hall–Kier alpha value is -3.74. The van der Waals surface area contributed by atoms with Gasteiger partial charge in [-0.25, -0.2) is 4.98 Å². The molecule has 2 heterocycles. The Labute approximate surface area is 162 Å². The van der Waals surface area contributed by atoms with E-state index >= 15 is 0 Å². The fourth-order valence-corrected chi connectivity index (χ4v) is 3.14. The molecule has 0 unspecified atom stereocenters. The van der Waals surface area contributed by atoms with Crippen molar-refractivity contribution in [2.75, 3.05) is 21.3 Å². The molecule has 0 fully saturated rings. The summed E-state index contributed by atoms with van der Waals surface area (Å²) in [5, 5.41) is 0.860. The van der Waals surface area contributed by atoms with Gasteiger partial charge in [0, 0.05) is 28.2 Å². The SMILES string of the molecule is [2H]c1cccc2c(-c3ncc(C(=O)c4cc(OC)c(OC)c(OC)c4)[nH]3)c[nH]c12. The molecule has 0 aliphatic carbocycles. The van der Waals surface area contributed by atoms with E-state index in [1.807, 2.05) is 12.1 Å². The first kappa shape index (κ1) is 16.4. The number of rotatable bonds is 6. The number of ether oxygens (including phenoxy) is 3. The molecule has 0 bridgehead atoms. The summed E-state index contributed by atoms with van der Waals surface area (Å²) in [4.78, 5) is 23.5. The van der Waals surface area contributed by atoms with Crippen molar-refractivity contribution in [3.8, 4) is 28.6 Å². The molecule has 28 heavy (non-hydrogen) atoms. The number of H-pyrrole nitrogens is 2. The summed E-state index contributed by atoms with van der Waals surface area (Å²) in [6, 6.07) is 9.03. The molecule has 7 heteroatoms. The number of methoxy groups -OCH3 is 3. The van der Waals surface area contributed by atoms with Crippen LogP contribution in [0.4, 0.5) is 0 Å². The Bertz CT molecular complexity index is 1190. The lowest BCUT2D eigenvalue weighted by molar-refractivity contribution is 0.103. The van der Waals surface area contributed by atoms with Gasteiger partial charge in [0.1, 0.15) is 11.5 Å². The normalized spacial score (nSPS) is 11.3. The van der Waals surface area contributed by atoms with Crippen LogP contribution in [0.2, 0.25) is 0 Å². The molecule has 7 nitrogen and oxygen atoms in total. The zero-order valence-electron chi connectivity index (χ0n) is 16.6. The molecular weight excluding hydrogens is 358 g/mol. The number of imidazole rings is 1. The van der Waals surface area contributed by atoms with E-state index in [-0.39, 0.29) is 5.78 Å². The number of hydrogen-bond acceptors (Lipinski definition) is 5. The van der Waals surface area contributed by atoms with E-state index in [0.717, 1.165) is 16.5 Å². The molecule has 0 atom stereocenters. The number of nitrogens with one attached hydrogen (secondary N) is 2. The minimum absolute atomic E-state index is 0.260. The lowest BCUT2D eigenvalue weighted by Gasteiger charge is -2.13. The standard InChI is InChI=1S/C21H19N3O4/c1-26-17-8-12(9-18(27-2)20(17)28-3)19(25)16-11-23-21(24-16)14-10-22-15-7-5-4-6-13(14)15/h4-11,22H,1-3H3,(H,23,24)/i7D. The van der Waals surface area contributed by atoms with Crippen molar-refractivity contribution in [2.45, 2.75) is 0 Å². The highest BCUT2D eigenvalue weighted by Gasteiger charge is 2.20. The number of carbonyl (C=O) groups is 1. The molecule has 4 aromatic rings. The third-order valence-electron chi connectivity index (χ3n) is 4.51. The van der Waals surface area contributed by atoms with Crippen molar-refractivity contribution in [3.05, 3.63) is 60.0 Å². The first-order chi connectivity index (χ1) is 14.1. The van der Waals surface area contributed by atoms with Gasteiger partial charge < -0.3 is 24.2 Å². The van der Waals surface area contributed by atoms with E-state index < -0.39 is 0 Å². The van der Waals surface area contributed by atoms with Crippen LogP contribution in [0.15, 0.2) is 48.8 Å². The molecule has 4 rings (SSSR count). The van der Waals surface area contributed by atoms with Crippen LogP contribution in [-0.4, -0.2) is 42.1 Å². The highest BCUT2D eigenvalue weighted by atomic mass is 16.5. The van der Waals surface area contributed by atoms with Gasteiger partial charge in [-0.1, -0.05) is 18.2 Å². The molecule has 2 aromatic carbocycles. The van der Waals surface area contributed by atoms with Gasteiger partial charge in [0.25, 0.3) is 0 Å². The van der Waals surface area contributed by atoms with Gasteiger partial charge in [-0.05, 0) is 18.2 Å². The maximum absolute atomic E-state index is 13.0. The van der Waals surface area contributed by atoms with Crippen molar-refractivity contribution in [3.63, 3.8) is 0 Å². The van der Waals surface area contributed by atoms with E-state index in [9.17, 15) is 4.79 Å². The van der Waals surface area contributed by atoms with Gasteiger partial charge in [-0.2, -0.15) is 0 Å². The number of hydrogen-bond donors (Lipinski definition) is 2. The van der Waals surface area contributed by atoms with Gasteiger partial charge in [0.05, 0.1) is 28.9 Å². The summed E-state index contributed by atoms with van der Waals surface area (Å²) >= 11 is 0. The third kappa shape index (κ3) is 2.87. The van der Waals surface area contributed by atoms with Crippen molar-refractivity contribution < 1.29 is 20.4 Å². The summed E-state index contributed by atoms with van der Waals surface area (Å²) in [6.45, 7) is 0. The van der Waals surface area contributed by atoms with Crippen molar-refractivity contribution in [1.29, 1.82) is 0 Å². The maximum Gasteiger partial charge on any atom is 0.211 e. The van der Waals surface area contributed by atoms with Crippen LogP contribution >= 0.6 is 0 Å². The van der Waals surface area contributed by atoms with Crippen LogP contribution < -0.4 is 14.2 Å². The second-order valence-electron chi connectivity index (χ2n) is 6.05. The highest BCUT2D eigenvalue weighted by molar-refractivity contribution is 6.09. The number of para-hydroxylation sites is 1. The molecule has 0 amide bonds. The van der Waals surface area contributed by atoms with Crippen LogP contribution in [-0.2, 0) is 0 Å². The lowest BCUT2D eigenvalue weighted by atomic mass is 10.1. The van der Waals surface area contributed by atoms with Gasteiger partial charge in [-0.15, -0.1) is 0 Å². The Kier molecular flexibility index (Phi) is 4.17. The zero-order chi connectivity index (χ0) is 20.5. The lowest BCUT2D eigenvalue weighted by Crippen LogP contribution is -2.04. The number of carbonyl (C=O) groups excluding carboxylic acids is 1. The molecule has 2 N–H and O–H groups in total. The molecule has 0 aliphatic rings. The van der Waals surface area contributed by atoms with E-state index in [0.29, 0.717) is 40.4 Å². The van der Waals surface area contributed by atoms with Crippen LogP contribution in [0.3, 0.4) is 0 Å². The second-order valence-corrected chi connectivity index (χ2v) is 6.05. The second kappa shape index (κ2) is 7.11. The Morgan fingerprint density at radius 2 is 1.86 bits per heavy atom. The quantitative estimate of drug-likeness (QED) is 0.498. The summed E-state index contributed by atoms with van der Waals surface area (Å²) in [6.07, 6.45) is 3.26. The molecule has 2 aromatic heterocycles. The van der Waals surface area contributed by atoms with E-state index in [4.69, 9.17) is 15.6 Å². The molecule has 142 valence electrons. The summed E-state index contributed by atoms with van der Waals surface area (Å²) in [7, 11) is 4.50. The number of ketones is 1.